The Labute approximate surface area is 181 Å². The lowest BCUT2D eigenvalue weighted by Gasteiger charge is -2.42. The topological polar surface area (TPSA) is 88.6 Å². The number of carbonyl (C=O) groups is 1. The van der Waals surface area contributed by atoms with Gasteiger partial charge in [0.25, 0.3) is 10.0 Å². The quantitative estimate of drug-likeness (QED) is 0.661. The van der Waals surface area contributed by atoms with Crippen LogP contribution in [0.3, 0.4) is 0 Å². The highest BCUT2D eigenvalue weighted by molar-refractivity contribution is 7.93. The van der Waals surface area contributed by atoms with Crippen LogP contribution in [-0.4, -0.2) is 31.8 Å². The van der Waals surface area contributed by atoms with Crippen molar-refractivity contribution >= 4 is 25.8 Å². The Hall–Kier alpha value is -2.71. The summed E-state index contributed by atoms with van der Waals surface area (Å²) in [5.74, 6) is -2.38. The van der Waals surface area contributed by atoms with Crippen molar-refractivity contribution in [2.75, 3.05) is 0 Å². The van der Waals surface area contributed by atoms with Crippen LogP contribution >= 0.6 is 0 Å². The largest absolute Gasteiger partial charge is 0.273 e. The van der Waals surface area contributed by atoms with Crippen LogP contribution < -0.4 is 0 Å². The third-order valence-electron chi connectivity index (χ3n) is 6.66. The van der Waals surface area contributed by atoms with Gasteiger partial charge in [0.1, 0.15) is 4.75 Å². The second kappa shape index (κ2) is 6.64. The number of benzene rings is 2. The molecule has 0 spiro atoms. The Bertz CT molecular complexity index is 1330. The van der Waals surface area contributed by atoms with Crippen LogP contribution in [0.5, 0.6) is 0 Å². The van der Waals surface area contributed by atoms with Crippen molar-refractivity contribution in [3.8, 4) is 0 Å². The first kappa shape index (κ1) is 20.2. The molecule has 1 aliphatic heterocycles. The van der Waals surface area contributed by atoms with Gasteiger partial charge in [0.05, 0.1) is 15.7 Å². The normalized spacial score (nSPS) is 29.4. The van der Waals surface area contributed by atoms with E-state index in [2.05, 4.69) is 0 Å². The number of hydrogen-bond donors (Lipinski definition) is 0. The molecule has 1 saturated carbocycles. The highest BCUT2D eigenvalue weighted by Gasteiger charge is 2.67. The molecule has 2 aromatic rings. The van der Waals surface area contributed by atoms with Crippen molar-refractivity contribution in [3.05, 3.63) is 84.6 Å². The molecule has 4 atom stereocenters. The minimum Gasteiger partial charge on any atom is -0.273 e. The molecule has 3 aliphatic rings. The van der Waals surface area contributed by atoms with E-state index in [0.29, 0.717) is 6.42 Å². The van der Waals surface area contributed by atoms with E-state index in [0.717, 1.165) is 16.1 Å². The number of nitrogens with zero attached hydrogens (tertiary/aromatic N) is 1. The summed E-state index contributed by atoms with van der Waals surface area (Å²) in [6, 6.07) is 14.3. The van der Waals surface area contributed by atoms with Gasteiger partial charge in [-0.3, -0.25) is 4.79 Å². The molecule has 1 amide bonds. The summed E-state index contributed by atoms with van der Waals surface area (Å²) in [6.07, 6.45) is 6.78. The lowest BCUT2D eigenvalue weighted by atomic mass is 9.80. The zero-order valence-corrected chi connectivity index (χ0v) is 18.4. The van der Waals surface area contributed by atoms with Gasteiger partial charge in [-0.05, 0) is 49.6 Å². The Morgan fingerprint density at radius 1 is 0.903 bits per heavy atom. The maximum absolute atomic E-state index is 13.8. The summed E-state index contributed by atoms with van der Waals surface area (Å²) in [5.41, 5.74) is 0.894. The first-order valence-electron chi connectivity index (χ1n) is 10.0. The monoisotopic (exact) mass is 455 g/mol. The maximum Gasteiger partial charge on any atom is 0.270 e. The number of sulfonamides is 1. The fraction of sp³-hybridized carbons (Fsp3) is 0.261. The molecule has 2 aromatic carbocycles. The van der Waals surface area contributed by atoms with Gasteiger partial charge in [0, 0.05) is 12.1 Å². The van der Waals surface area contributed by atoms with E-state index >= 15 is 0 Å². The Balaban J connectivity index is 1.66. The van der Waals surface area contributed by atoms with Crippen molar-refractivity contribution in [2.24, 2.45) is 17.8 Å². The SMILES string of the molecule is Cc1ccc(S(=O)(=O)N2C=C[C@]3(S(=O)(=O)c4ccccc4)[C@@H]4C=C[C@@H](C4)[C@@H]3C2=O)cc1. The van der Waals surface area contributed by atoms with E-state index in [1.165, 1.54) is 30.3 Å². The van der Waals surface area contributed by atoms with E-state index < -0.39 is 36.4 Å². The van der Waals surface area contributed by atoms with Gasteiger partial charge in [-0.15, -0.1) is 0 Å². The molecule has 2 bridgehead atoms. The second-order valence-electron chi connectivity index (χ2n) is 8.31. The highest BCUT2D eigenvalue weighted by Crippen LogP contribution is 2.59. The highest BCUT2D eigenvalue weighted by atomic mass is 32.2. The number of amides is 1. The van der Waals surface area contributed by atoms with Crippen molar-refractivity contribution < 1.29 is 21.6 Å². The van der Waals surface area contributed by atoms with Crippen LogP contribution in [0.1, 0.15) is 12.0 Å². The molecule has 6 nitrogen and oxygen atoms in total. The minimum absolute atomic E-state index is 0.00628. The number of hydrogen-bond acceptors (Lipinski definition) is 5. The molecule has 0 unspecified atom stereocenters. The van der Waals surface area contributed by atoms with Crippen LogP contribution in [0.15, 0.2) is 88.8 Å². The van der Waals surface area contributed by atoms with Crippen molar-refractivity contribution in [2.45, 2.75) is 27.9 Å². The summed E-state index contributed by atoms with van der Waals surface area (Å²) < 4.78 is 53.2. The summed E-state index contributed by atoms with van der Waals surface area (Å²) in [5, 5.41) is 0. The molecule has 8 heteroatoms. The molecule has 0 saturated heterocycles. The summed E-state index contributed by atoms with van der Waals surface area (Å²) in [4.78, 5) is 13.7. The molecular formula is C23H21NO5S2. The van der Waals surface area contributed by atoms with Crippen LogP contribution in [0.2, 0.25) is 0 Å². The van der Waals surface area contributed by atoms with E-state index in [1.807, 2.05) is 19.1 Å². The average molecular weight is 456 g/mol. The number of aryl methyl sites for hydroxylation is 1. The number of sulfone groups is 1. The molecule has 31 heavy (non-hydrogen) atoms. The van der Waals surface area contributed by atoms with Crippen LogP contribution in [0, 0.1) is 24.7 Å². The molecule has 1 fully saturated rings. The third kappa shape index (κ3) is 2.64. The van der Waals surface area contributed by atoms with Gasteiger partial charge in [-0.25, -0.2) is 21.1 Å². The molecular weight excluding hydrogens is 434 g/mol. The standard InChI is InChI=1S/C23H21NO5S2/c1-16-7-11-20(12-8-16)31(28,29)24-14-13-23(30(26,27)19-5-3-2-4-6-19)18-10-9-17(15-18)21(23)22(24)25/h2-14,17-18,21H,15H2,1H3/t17-,18+,21+,23-/m0/s1. The molecule has 160 valence electrons. The molecule has 5 rings (SSSR count). The van der Waals surface area contributed by atoms with Gasteiger partial charge in [0.2, 0.25) is 5.91 Å². The van der Waals surface area contributed by atoms with Crippen LogP contribution in [0.25, 0.3) is 0 Å². The van der Waals surface area contributed by atoms with E-state index in [9.17, 15) is 21.6 Å². The molecule has 0 N–H and O–H groups in total. The van der Waals surface area contributed by atoms with Crippen molar-refractivity contribution in [1.29, 1.82) is 0 Å². The summed E-state index contributed by atoms with van der Waals surface area (Å²) >= 11 is 0. The third-order valence-corrected chi connectivity index (χ3v) is 10.9. The van der Waals surface area contributed by atoms with E-state index in [-0.39, 0.29) is 21.6 Å². The first-order chi connectivity index (χ1) is 14.7. The molecule has 1 heterocycles. The van der Waals surface area contributed by atoms with Gasteiger partial charge in [-0.2, -0.15) is 0 Å². The first-order valence-corrected chi connectivity index (χ1v) is 12.9. The number of fused-ring (bicyclic) bond motifs is 5. The van der Waals surface area contributed by atoms with Crippen molar-refractivity contribution in [3.63, 3.8) is 0 Å². The van der Waals surface area contributed by atoms with Crippen molar-refractivity contribution in [1.82, 2.24) is 4.31 Å². The number of carbonyl (C=O) groups excluding carboxylic acids is 1. The smallest absolute Gasteiger partial charge is 0.270 e. The summed E-state index contributed by atoms with van der Waals surface area (Å²) in [7, 11) is -8.09. The zero-order chi connectivity index (χ0) is 22.0. The fourth-order valence-corrected chi connectivity index (χ4v) is 8.78. The predicted molar refractivity (Wildman–Crippen MR) is 115 cm³/mol. The van der Waals surface area contributed by atoms with Gasteiger partial charge in [0.15, 0.2) is 9.84 Å². The second-order valence-corrected chi connectivity index (χ2v) is 12.3. The summed E-state index contributed by atoms with van der Waals surface area (Å²) in [6.45, 7) is 1.84. The van der Waals surface area contributed by atoms with Crippen LogP contribution in [-0.2, 0) is 24.7 Å². The van der Waals surface area contributed by atoms with E-state index in [4.69, 9.17) is 0 Å². The molecule has 2 aliphatic carbocycles. The van der Waals surface area contributed by atoms with Gasteiger partial charge in [-0.1, -0.05) is 48.0 Å². The molecule has 0 radical (unpaired) electrons. The molecule has 0 aromatic heterocycles. The lowest BCUT2D eigenvalue weighted by Crippen LogP contribution is -2.57. The van der Waals surface area contributed by atoms with Gasteiger partial charge >= 0.3 is 0 Å². The Morgan fingerprint density at radius 2 is 1.58 bits per heavy atom. The Morgan fingerprint density at radius 3 is 2.26 bits per heavy atom. The Kier molecular flexibility index (Phi) is 4.33. The lowest BCUT2D eigenvalue weighted by molar-refractivity contribution is -0.130. The number of rotatable bonds is 4. The minimum atomic E-state index is -4.14. The number of allylic oxidation sites excluding steroid dienone is 2. The van der Waals surface area contributed by atoms with Gasteiger partial charge < -0.3 is 0 Å². The maximum atomic E-state index is 13.8. The fourth-order valence-electron chi connectivity index (χ4n) is 5.15. The van der Waals surface area contributed by atoms with E-state index in [1.54, 1.807) is 30.3 Å². The predicted octanol–water partition coefficient (Wildman–Crippen LogP) is 3.07. The zero-order valence-electron chi connectivity index (χ0n) is 16.7. The average Bonchev–Trinajstić information content (AvgIpc) is 3.36. The van der Waals surface area contributed by atoms with Crippen LogP contribution in [0.4, 0.5) is 0 Å².